The fourth-order valence-corrected chi connectivity index (χ4v) is 4.52. The van der Waals surface area contributed by atoms with Gasteiger partial charge in [0.1, 0.15) is 11.5 Å². The lowest BCUT2D eigenvalue weighted by Crippen LogP contribution is -2.41. The van der Waals surface area contributed by atoms with Gasteiger partial charge < -0.3 is 9.64 Å². The number of nitrogens with zero attached hydrogens (tertiary/aromatic N) is 4. The molecule has 36 heavy (non-hydrogen) atoms. The Hall–Kier alpha value is -3.78. The summed E-state index contributed by atoms with van der Waals surface area (Å²) >= 11 is 6.03. The van der Waals surface area contributed by atoms with Gasteiger partial charge in [0.25, 0.3) is 5.91 Å². The van der Waals surface area contributed by atoms with Gasteiger partial charge in [0, 0.05) is 35.3 Å². The summed E-state index contributed by atoms with van der Waals surface area (Å²) < 4.78 is 20.2. The quantitative estimate of drug-likeness (QED) is 0.345. The highest BCUT2D eigenvalue weighted by atomic mass is 35.5. The molecule has 0 bridgehead atoms. The Bertz CT molecular complexity index is 1410. The number of amides is 1. The number of halogens is 2. The largest absolute Gasteiger partial charge is 0.466 e. The molecule has 2 aromatic carbocycles. The van der Waals surface area contributed by atoms with E-state index in [1.807, 2.05) is 12.1 Å². The molecule has 184 valence electrons. The van der Waals surface area contributed by atoms with Crippen molar-refractivity contribution >= 4 is 29.1 Å². The Kier molecular flexibility index (Phi) is 6.69. The molecule has 1 aliphatic heterocycles. The molecule has 0 unspecified atom stereocenters. The molecule has 0 spiro atoms. The number of benzene rings is 2. The highest BCUT2D eigenvalue weighted by Gasteiger charge is 2.30. The van der Waals surface area contributed by atoms with Crippen molar-refractivity contribution in [2.75, 3.05) is 19.7 Å². The maximum Gasteiger partial charge on any atom is 0.309 e. The molecular formula is C27H24ClFN4O3. The lowest BCUT2D eigenvalue weighted by Gasteiger charge is -2.31. The van der Waals surface area contributed by atoms with Crippen LogP contribution in [-0.4, -0.2) is 51.1 Å². The van der Waals surface area contributed by atoms with Crippen LogP contribution in [0.25, 0.3) is 28.2 Å². The number of aromatic nitrogens is 3. The summed E-state index contributed by atoms with van der Waals surface area (Å²) in [5.74, 6) is -0.981. The summed E-state index contributed by atoms with van der Waals surface area (Å²) in [7, 11) is 0. The SMILES string of the molecule is CCOC(=O)C1CCN(C(=O)c2cc(-c3ccc(F)cc3)nc3cc(-c4ccc(Cl)cc4)nn23)CC1. The van der Waals surface area contributed by atoms with E-state index in [4.69, 9.17) is 21.3 Å². The normalized spacial score (nSPS) is 14.2. The van der Waals surface area contributed by atoms with Gasteiger partial charge in [-0.15, -0.1) is 0 Å². The van der Waals surface area contributed by atoms with Crippen molar-refractivity contribution in [1.29, 1.82) is 0 Å². The molecule has 0 radical (unpaired) electrons. The van der Waals surface area contributed by atoms with Gasteiger partial charge >= 0.3 is 5.97 Å². The van der Waals surface area contributed by atoms with Crippen molar-refractivity contribution in [2.45, 2.75) is 19.8 Å². The van der Waals surface area contributed by atoms with Gasteiger partial charge in [-0.3, -0.25) is 9.59 Å². The van der Waals surface area contributed by atoms with E-state index in [1.165, 1.54) is 16.6 Å². The second kappa shape index (κ2) is 10.1. The van der Waals surface area contributed by atoms with Crippen LogP contribution in [0.1, 0.15) is 30.3 Å². The first-order chi connectivity index (χ1) is 17.4. The third kappa shape index (κ3) is 4.81. The monoisotopic (exact) mass is 506 g/mol. The molecular weight excluding hydrogens is 483 g/mol. The number of fused-ring (bicyclic) bond motifs is 1. The number of ether oxygens (including phenoxy) is 1. The molecule has 0 aliphatic carbocycles. The minimum absolute atomic E-state index is 0.206. The number of hydrogen-bond donors (Lipinski definition) is 0. The minimum Gasteiger partial charge on any atom is -0.466 e. The number of carbonyl (C=O) groups is 2. The Labute approximate surface area is 212 Å². The highest BCUT2D eigenvalue weighted by Crippen LogP contribution is 2.27. The fraction of sp³-hybridized carbons (Fsp3) is 0.259. The summed E-state index contributed by atoms with van der Waals surface area (Å²) in [4.78, 5) is 32.2. The lowest BCUT2D eigenvalue weighted by molar-refractivity contribution is -0.149. The third-order valence-corrected chi connectivity index (χ3v) is 6.58. The molecule has 1 aliphatic rings. The first-order valence-electron chi connectivity index (χ1n) is 11.8. The van der Waals surface area contributed by atoms with Crippen molar-refractivity contribution in [2.24, 2.45) is 5.92 Å². The smallest absolute Gasteiger partial charge is 0.309 e. The number of likely N-dealkylation sites (tertiary alicyclic amines) is 1. The van der Waals surface area contributed by atoms with Gasteiger partial charge in [0.05, 0.1) is 23.9 Å². The maximum absolute atomic E-state index is 13.7. The average Bonchev–Trinajstić information content (AvgIpc) is 3.33. The van der Waals surface area contributed by atoms with Crippen LogP contribution in [0.15, 0.2) is 60.7 Å². The minimum atomic E-state index is -0.352. The zero-order valence-corrected chi connectivity index (χ0v) is 20.4. The van der Waals surface area contributed by atoms with Crippen molar-refractivity contribution in [3.8, 4) is 22.5 Å². The van der Waals surface area contributed by atoms with E-state index in [0.717, 1.165) is 5.56 Å². The summed E-state index contributed by atoms with van der Waals surface area (Å²) in [5.41, 5.74) is 3.53. The van der Waals surface area contributed by atoms with Crippen LogP contribution >= 0.6 is 11.6 Å². The van der Waals surface area contributed by atoms with Crippen molar-refractivity contribution in [3.05, 3.63) is 77.2 Å². The second-order valence-corrected chi connectivity index (χ2v) is 9.09. The summed E-state index contributed by atoms with van der Waals surface area (Å²) in [6.45, 7) is 2.99. The van der Waals surface area contributed by atoms with Crippen molar-refractivity contribution < 1.29 is 18.7 Å². The molecule has 0 saturated carbocycles. The average molecular weight is 507 g/mol. The Balaban J connectivity index is 1.52. The number of esters is 1. The predicted molar refractivity (Wildman–Crippen MR) is 134 cm³/mol. The van der Waals surface area contributed by atoms with Gasteiger partial charge in [-0.1, -0.05) is 23.7 Å². The molecule has 3 heterocycles. The van der Waals surface area contributed by atoms with E-state index in [2.05, 4.69) is 5.10 Å². The standard InChI is InChI=1S/C27H24ClFN4O3/c1-2-36-27(35)19-11-13-32(14-12-19)26(34)24-15-22(17-5-9-21(29)10-6-17)30-25-16-23(31-33(24)25)18-3-7-20(28)8-4-18/h3-10,15-16,19H,2,11-14H2,1H3. The summed E-state index contributed by atoms with van der Waals surface area (Å²) in [5, 5.41) is 5.29. The summed E-state index contributed by atoms with van der Waals surface area (Å²) in [6, 6.07) is 16.7. The maximum atomic E-state index is 13.7. The van der Waals surface area contributed by atoms with Crippen LogP contribution < -0.4 is 0 Å². The van der Waals surface area contributed by atoms with E-state index >= 15 is 0 Å². The molecule has 5 rings (SSSR count). The molecule has 4 aromatic rings. The first-order valence-corrected chi connectivity index (χ1v) is 12.2. The summed E-state index contributed by atoms with van der Waals surface area (Å²) in [6.07, 6.45) is 1.08. The molecule has 0 atom stereocenters. The van der Waals surface area contributed by atoms with E-state index in [9.17, 15) is 14.0 Å². The lowest BCUT2D eigenvalue weighted by atomic mass is 9.96. The third-order valence-electron chi connectivity index (χ3n) is 6.33. The van der Waals surface area contributed by atoms with E-state index in [1.54, 1.807) is 48.2 Å². The van der Waals surface area contributed by atoms with Crippen LogP contribution in [0.5, 0.6) is 0 Å². The van der Waals surface area contributed by atoms with Crippen LogP contribution in [0, 0.1) is 11.7 Å². The van der Waals surface area contributed by atoms with Crippen LogP contribution in [0.2, 0.25) is 5.02 Å². The highest BCUT2D eigenvalue weighted by molar-refractivity contribution is 6.30. The van der Waals surface area contributed by atoms with Crippen molar-refractivity contribution in [1.82, 2.24) is 19.5 Å². The van der Waals surface area contributed by atoms with Gasteiger partial charge in [-0.05, 0) is 62.2 Å². The van der Waals surface area contributed by atoms with Crippen LogP contribution in [-0.2, 0) is 9.53 Å². The van der Waals surface area contributed by atoms with Gasteiger partial charge in [-0.25, -0.2) is 13.9 Å². The Morgan fingerprint density at radius 1 is 1.00 bits per heavy atom. The zero-order valence-electron chi connectivity index (χ0n) is 19.7. The van der Waals surface area contributed by atoms with Crippen LogP contribution in [0.4, 0.5) is 4.39 Å². The Morgan fingerprint density at radius 3 is 2.31 bits per heavy atom. The molecule has 0 N–H and O–H groups in total. The Morgan fingerprint density at radius 2 is 1.64 bits per heavy atom. The molecule has 2 aromatic heterocycles. The molecule has 7 nitrogen and oxygen atoms in total. The fourth-order valence-electron chi connectivity index (χ4n) is 4.40. The molecule has 9 heteroatoms. The molecule has 1 fully saturated rings. The van der Waals surface area contributed by atoms with E-state index < -0.39 is 0 Å². The van der Waals surface area contributed by atoms with Gasteiger partial charge in [0.15, 0.2) is 5.65 Å². The van der Waals surface area contributed by atoms with Crippen LogP contribution in [0.3, 0.4) is 0 Å². The van der Waals surface area contributed by atoms with Gasteiger partial charge in [-0.2, -0.15) is 5.10 Å². The molecule has 1 saturated heterocycles. The van der Waals surface area contributed by atoms with E-state index in [0.29, 0.717) is 65.9 Å². The second-order valence-electron chi connectivity index (χ2n) is 8.66. The number of piperidine rings is 1. The first kappa shape index (κ1) is 23.9. The molecule has 1 amide bonds. The predicted octanol–water partition coefficient (Wildman–Crippen LogP) is 5.27. The van der Waals surface area contributed by atoms with Gasteiger partial charge in [0.2, 0.25) is 0 Å². The number of rotatable bonds is 5. The zero-order chi connectivity index (χ0) is 25.2. The topological polar surface area (TPSA) is 76.8 Å². The number of carbonyl (C=O) groups excluding carboxylic acids is 2. The van der Waals surface area contributed by atoms with E-state index in [-0.39, 0.29) is 23.6 Å². The number of hydrogen-bond acceptors (Lipinski definition) is 5. The van der Waals surface area contributed by atoms with Crippen molar-refractivity contribution in [3.63, 3.8) is 0 Å².